The minimum atomic E-state index is -0.264. The van der Waals surface area contributed by atoms with E-state index in [0.29, 0.717) is 5.69 Å². The van der Waals surface area contributed by atoms with Crippen molar-refractivity contribution in [3.63, 3.8) is 0 Å². The highest BCUT2D eigenvalue weighted by Gasteiger charge is 2.23. The van der Waals surface area contributed by atoms with Gasteiger partial charge < -0.3 is 25.3 Å². The van der Waals surface area contributed by atoms with Gasteiger partial charge in [0.1, 0.15) is 11.4 Å². The number of benzene rings is 2. The second kappa shape index (κ2) is 8.02. The maximum absolute atomic E-state index is 12.5. The van der Waals surface area contributed by atoms with E-state index in [-0.39, 0.29) is 6.03 Å². The first-order valence-electron chi connectivity index (χ1n) is 10.2. The quantitative estimate of drug-likeness (QED) is 0.440. The molecule has 7 nitrogen and oxygen atoms in total. The van der Waals surface area contributed by atoms with Crippen LogP contribution in [0.25, 0.3) is 11.0 Å². The van der Waals surface area contributed by atoms with Crippen LogP contribution in [0.2, 0.25) is 0 Å². The Morgan fingerprint density at radius 3 is 2.84 bits per heavy atom. The molecule has 3 heterocycles. The van der Waals surface area contributed by atoms with Crippen LogP contribution >= 0.6 is 0 Å². The average molecular weight is 413 g/mol. The number of nitrogens with zero attached hydrogens (tertiary/aromatic N) is 2. The second-order valence-corrected chi connectivity index (χ2v) is 7.50. The molecule has 7 heteroatoms. The van der Waals surface area contributed by atoms with Crippen LogP contribution in [-0.4, -0.2) is 29.7 Å². The number of H-pyrrole nitrogens is 1. The monoisotopic (exact) mass is 413 g/mol. The van der Waals surface area contributed by atoms with Crippen molar-refractivity contribution in [2.45, 2.75) is 13.0 Å². The van der Waals surface area contributed by atoms with E-state index in [1.807, 2.05) is 48.7 Å². The number of aromatic nitrogens is 2. The van der Waals surface area contributed by atoms with Gasteiger partial charge in [0.15, 0.2) is 0 Å². The lowest BCUT2D eigenvalue weighted by Gasteiger charge is -2.19. The molecule has 156 valence electrons. The van der Waals surface area contributed by atoms with E-state index in [0.717, 1.165) is 53.2 Å². The number of rotatable bonds is 5. The molecule has 4 aromatic rings. The minimum absolute atomic E-state index is 0.264. The lowest BCUT2D eigenvalue weighted by Crippen LogP contribution is -2.20. The lowest BCUT2D eigenvalue weighted by atomic mass is 10.1. The molecular weight excluding hydrogens is 390 g/mol. The first-order chi connectivity index (χ1) is 15.2. The lowest BCUT2D eigenvalue weighted by molar-refractivity contribution is 0.262. The highest BCUT2D eigenvalue weighted by molar-refractivity contribution is 6.01. The van der Waals surface area contributed by atoms with Gasteiger partial charge >= 0.3 is 6.03 Å². The fourth-order valence-corrected chi connectivity index (χ4v) is 4.09. The van der Waals surface area contributed by atoms with Crippen LogP contribution in [0.4, 0.5) is 21.9 Å². The molecule has 1 aliphatic heterocycles. The Balaban J connectivity index is 1.31. The van der Waals surface area contributed by atoms with Crippen molar-refractivity contribution in [2.24, 2.45) is 0 Å². The summed E-state index contributed by atoms with van der Waals surface area (Å²) in [6.07, 6.45) is 4.71. The normalized spacial score (nSPS) is 12.6. The summed E-state index contributed by atoms with van der Waals surface area (Å²) in [6.45, 7) is 1.70. The maximum atomic E-state index is 12.5. The molecule has 5 rings (SSSR count). The zero-order valence-corrected chi connectivity index (χ0v) is 17.2. The predicted octanol–water partition coefficient (Wildman–Crippen LogP) is 4.78. The molecule has 0 saturated carbocycles. The predicted molar refractivity (Wildman–Crippen MR) is 123 cm³/mol. The Morgan fingerprint density at radius 2 is 2.00 bits per heavy atom. The molecule has 2 aromatic carbocycles. The Morgan fingerprint density at radius 1 is 1.13 bits per heavy atom. The van der Waals surface area contributed by atoms with E-state index in [4.69, 9.17) is 4.74 Å². The third-order valence-electron chi connectivity index (χ3n) is 5.62. The number of methoxy groups -OCH3 is 1. The van der Waals surface area contributed by atoms with Crippen LogP contribution in [0.3, 0.4) is 0 Å². The summed E-state index contributed by atoms with van der Waals surface area (Å²) in [5.74, 6) is 0.748. The number of ether oxygens (including phenoxy) is 1. The second-order valence-electron chi connectivity index (χ2n) is 7.50. The van der Waals surface area contributed by atoms with Crippen molar-refractivity contribution in [3.8, 4) is 5.75 Å². The van der Waals surface area contributed by atoms with Crippen LogP contribution < -0.4 is 20.3 Å². The van der Waals surface area contributed by atoms with Gasteiger partial charge in [-0.1, -0.05) is 6.07 Å². The van der Waals surface area contributed by atoms with Crippen LogP contribution in [0.15, 0.2) is 67.0 Å². The van der Waals surface area contributed by atoms with Gasteiger partial charge in [0.2, 0.25) is 0 Å². The molecule has 0 saturated heterocycles. The summed E-state index contributed by atoms with van der Waals surface area (Å²) in [7, 11) is 1.61. The summed E-state index contributed by atoms with van der Waals surface area (Å²) in [6, 6.07) is 17.1. The van der Waals surface area contributed by atoms with E-state index in [1.165, 1.54) is 5.56 Å². The number of carbonyl (C=O) groups is 1. The topological polar surface area (TPSA) is 82.3 Å². The van der Waals surface area contributed by atoms with E-state index in [2.05, 4.69) is 37.6 Å². The summed E-state index contributed by atoms with van der Waals surface area (Å²) in [5.41, 5.74) is 5.98. The van der Waals surface area contributed by atoms with Gasteiger partial charge in [-0.15, -0.1) is 0 Å². The molecule has 0 bridgehead atoms. The van der Waals surface area contributed by atoms with Crippen LogP contribution in [-0.2, 0) is 13.0 Å². The zero-order valence-electron chi connectivity index (χ0n) is 17.2. The number of anilines is 3. The molecule has 31 heavy (non-hydrogen) atoms. The molecular formula is C24H23N5O2. The Hall–Kier alpha value is -4.00. The molecule has 1 aliphatic rings. The molecule has 0 spiro atoms. The molecule has 0 unspecified atom stereocenters. The van der Waals surface area contributed by atoms with Crippen molar-refractivity contribution in [2.75, 3.05) is 29.2 Å². The van der Waals surface area contributed by atoms with Gasteiger partial charge in [-0.25, -0.2) is 9.78 Å². The minimum Gasteiger partial charge on any atom is -0.497 e. The van der Waals surface area contributed by atoms with Crippen molar-refractivity contribution < 1.29 is 9.53 Å². The largest absolute Gasteiger partial charge is 0.497 e. The van der Waals surface area contributed by atoms with Gasteiger partial charge in [0.25, 0.3) is 0 Å². The third kappa shape index (κ3) is 3.77. The number of nitrogens with one attached hydrogen (secondary N) is 3. The zero-order chi connectivity index (χ0) is 21.2. The Labute approximate surface area is 180 Å². The van der Waals surface area contributed by atoms with E-state index < -0.39 is 0 Å². The maximum Gasteiger partial charge on any atom is 0.323 e. The standard InChI is InChI=1S/C24H23N5O2/c1-31-18-9-7-17(8-10-18)27-24(30)28-21-5-2-6-22-20(21)11-13-29(22)15-16-14-26-23-19(16)4-3-12-25-23/h2-10,12,14H,11,13,15H2,1H3,(H,25,26)(H2,27,28,30). The fourth-order valence-electron chi connectivity index (χ4n) is 4.09. The van der Waals surface area contributed by atoms with E-state index in [9.17, 15) is 4.79 Å². The highest BCUT2D eigenvalue weighted by Crippen LogP contribution is 2.35. The summed E-state index contributed by atoms with van der Waals surface area (Å²) in [5, 5.41) is 7.02. The van der Waals surface area contributed by atoms with Crippen molar-refractivity contribution in [1.82, 2.24) is 9.97 Å². The molecule has 0 fully saturated rings. The highest BCUT2D eigenvalue weighted by atomic mass is 16.5. The van der Waals surface area contributed by atoms with E-state index >= 15 is 0 Å². The molecule has 2 aromatic heterocycles. The summed E-state index contributed by atoms with van der Waals surface area (Å²) < 4.78 is 5.15. The van der Waals surface area contributed by atoms with Gasteiger partial charge in [-0.2, -0.15) is 0 Å². The first-order valence-corrected chi connectivity index (χ1v) is 10.2. The molecule has 3 N–H and O–H groups in total. The van der Waals surface area contributed by atoms with Gasteiger partial charge in [0.05, 0.1) is 7.11 Å². The third-order valence-corrected chi connectivity index (χ3v) is 5.62. The number of carbonyl (C=O) groups excluding carboxylic acids is 1. The van der Waals surface area contributed by atoms with E-state index in [1.54, 1.807) is 13.3 Å². The van der Waals surface area contributed by atoms with Crippen molar-refractivity contribution in [1.29, 1.82) is 0 Å². The molecule has 0 aliphatic carbocycles. The number of pyridine rings is 1. The number of hydrogen-bond acceptors (Lipinski definition) is 4. The van der Waals surface area contributed by atoms with Crippen molar-refractivity contribution >= 4 is 34.1 Å². The van der Waals surface area contributed by atoms with Gasteiger partial charge in [-0.3, -0.25) is 0 Å². The number of amides is 2. The average Bonchev–Trinajstić information content (AvgIpc) is 3.40. The molecule has 2 amide bonds. The van der Waals surface area contributed by atoms with Crippen LogP contribution in [0, 0.1) is 0 Å². The fraction of sp³-hybridized carbons (Fsp3) is 0.167. The molecule has 0 radical (unpaired) electrons. The van der Waals surface area contributed by atoms with Gasteiger partial charge in [-0.05, 0) is 60.5 Å². The smallest absolute Gasteiger partial charge is 0.323 e. The first kappa shape index (κ1) is 19.0. The Bertz CT molecular complexity index is 1230. The number of urea groups is 1. The summed E-state index contributed by atoms with van der Waals surface area (Å²) >= 11 is 0. The van der Waals surface area contributed by atoms with Gasteiger partial charge in [0, 0.05) is 53.5 Å². The Kier molecular flexibility index (Phi) is 4.92. The number of aromatic amines is 1. The number of hydrogen-bond donors (Lipinski definition) is 3. The van der Waals surface area contributed by atoms with Crippen molar-refractivity contribution in [3.05, 3.63) is 78.1 Å². The number of fused-ring (bicyclic) bond motifs is 2. The van der Waals surface area contributed by atoms with Crippen LogP contribution in [0.5, 0.6) is 5.75 Å². The van der Waals surface area contributed by atoms with Crippen LogP contribution in [0.1, 0.15) is 11.1 Å². The summed E-state index contributed by atoms with van der Waals surface area (Å²) in [4.78, 5) is 22.5. The SMILES string of the molecule is COc1ccc(NC(=O)Nc2cccc3c2CCN3Cc2c[nH]c3ncccc23)cc1. The molecule has 0 atom stereocenters.